The first-order valence-corrected chi connectivity index (χ1v) is 12.2. The van der Waals surface area contributed by atoms with Crippen LogP contribution in [0.15, 0.2) is 53.3 Å². The molecule has 210 valence electrons. The minimum absolute atomic E-state index is 0.0493. The third-order valence-corrected chi connectivity index (χ3v) is 6.49. The van der Waals surface area contributed by atoms with E-state index >= 15 is 0 Å². The van der Waals surface area contributed by atoms with Crippen LogP contribution in [-0.2, 0) is 17.8 Å². The molecule has 0 aliphatic heterocycles. The zero-order valence-electron chi connectivity index (χ0n) is 22.3. The van der Waals surface area contributed by atoms with E-state index in [1.54, 1.807) is 24.3 Å². The van der Waals surface area contributed by atoms with Crippen molar-refractivity contribution in [3.05, 3.63) is 85.6 Å². The maximum absolute atomic E-state index is 13.0. The lowest BCUT2D eigenvalue weighted by Gasteiger charge is -2.20. The van der Waals surface area contributed by atoms with Crippen LogP contribution in [-0.4, -0.2) is 39.6 Å². The number of rotatable bonds is 9. The van der Waals surface area contributed by atoms with Crippen LogP contribution < -0.4 is 34.5 Å². The van der Waals surface area contributed by atoms with Crippen molar-refractivity contribution < 1.29 is 38.4 Å². The highest BCUT2D eigenvalue weighted by Crippen LogP contribution is 2.50. The first-order chi connectivity index (χ1) is 19.3. The van der Waals surface area contributed by atoms with E-state index in [9.17, 15) is 19.7 Å². The predicted octanol–water partition coefficient (Wildman–Crippen LogP) is 4.23. The van der Waals surface area contributed by atoms with Gasteiger partial charge in [-0.2, -0.15) is 0 Å². The van der Waals surface area contributed by atoms with Gasteiger partial charge < -0.3 is 29.0 Å². The van der Waals surface area contributed by atoms with Gasteiger partial charge in [0.05, 0.1) is 34.5 Å². The predicted molar refractivity (Wildman–Crippen MR) is 143 cm³/mol. The Bertz CT molecular complexity index is 1470. The number of amides is 1. The van der Waals surface area contributed by atoms with Crippen molar-refractivity contribution >= 4 is 6.09 Å². The monoisotopic (exact) mass is 552 g/mol. The molecule has 0 heterocycles. The number of nitrogens with zero attached hydrogens (tertiary/aromatic N) is 1. The summed E-state index contributed by atoms with van der Waals surface area (Å²) < 4.78 is 27.6. The largest absolute Gasteiger partial charge is 0.493 e. The number of methoxy groups -OCH3 is 4. The molecule has 1 unspecified atom stereocenters. The standard InChI is InChI=1S/C28H28N2O10/c1-35-23-12-10-19-20(14-22(23)31)21(11-7-17-13-24(36-2)26(37-3)27(38-4)25(17)19)29-28(32)39-15-16-5-8-18(9-6-16)40-30(33)34/h5-6,8-10,12-14,21H,7,11,15H2,1-4H3,(H,29,32). The zero-order chi connectivity index (χ0) is 28.8. The Kier molecular flexibility index (Phi) is 8.57. The lowest BCUT2D eigenvalue weighted by Crippen LogP contribution is -2.29. The molecule has 1 atom stereocenters. The zero-order valence-corrected chi connectivity index (χ0v) is 22.3. The van der Waals surface area contributed by atoms with Crippen LogP contribution in [0.3, 0.4) is 0 Å². The number of carbonyl (C=O) groups is 1. The highest BCUT2D eigenvalue weighted by Gasteiger charge is 2.30. The van der Waals surface area contributed by atoms with Gasteiger partial charge in [-0.05, 0) is 65.4 Å². The maximum Gasteiger partial charge on any atom is 0.407 e. The van der Waals surface area contributed by atoms with Gasteiger partial charge >= 0.3 is 6.09 Å². The van der Waals surface area contributed by atoms with Gasteiger partial charge in [0.1, 0.15) is 12.4 Å². The molecule has 12 heteroatoms. The molecule has 40 heavy (non-hydrogen) atoms. The van der Waals surface area contributed by atoms with Gasteiger partial charge in [0.15, 0.2) is 17.2 Å². The Labute approximate surface area is 229 Å². The summed E-state index contributed by atoms with van der Waals surface area (Å²) in [5, 5.41) is 12.4. The highest BCUT2D eigenvalue weighted by atomic mass is 17.0. The van der Waals surface area contributed by atoms with Gasteiger partial charge in [0.25, 0.3) is 5.09 Å². The molecule has 0 saturated carbocycles. The van der Waals surface area contributed by atoms with Gasteiger partial charge in [-0.1, -0.05) is 18.2 Å². The van der Waals surface area contributed by atoms with Gasteiger partial charge in [0, 0.05) is 5.56 Å². The van der Waals surface area contributed by atoms with Crippen LogP contribution in [0.5, 0.6) is 28.7 Å². The van der Waals surface area contributed by atoms with E-state index in [-0.39, 0.29) is 23.5 Å². The highest BCUT2D eigenvalue weighted by molar-refractivity contribution is 5.83. The second kappa shape index (κ2) is 12.2. The van der Waals surface area contributed by atoms with Gasteiger partial charge in [-0.3, -0.25) is 9.63 Å². The molecular formula is C28H28N2O10. The molecule has 0 radical (unpaired) electrons. The van der Waals surface area contributed by atoms with E-state index < -0.39 is 17.2 Å². The minimum atomic E-state index is -0.910. The molecule has 1 amide bonds. The van der Waals surface area contributed by atoms with Crippen LogP contribution in [0.4, 0.5) is 4.79 Å². The van der Waals surface area contributed by atoms with Crippen molar-refractivity contribution in [3.63, 3.8) is 0 Å². The number of ether oxygens (including phenoxy) is 5. The number of nitrogens with one attached hydrogen (secondary N) is 1. The average molecular weight is 553 g/mol. The van der Waals surface area contributed by atoms with Crippen LogP contribution in [0.25, 0.3) is 11.1 Å². The van der Waals surface area contributed by atoms with E-state index in [1.807, 2.05) is 6.07 Å². The Hall–Kier alpha value is -5.00. The third kappa shape index (κ3) is 5.85. The molecule has 0 saturated heterocycles. The smallest absolute Gasteiger partial charge is 0.407 e. The van der Waals surface area contributed by atoms with Crippen molar-refractivity contribution in [3.8, 4) is 39.9 Å². The van der Waals surface area contributed by atoms with E-state index in [0.717, 1.165) is 5.56 Å². The van der Waals surface area contributed by atoms with Crippen molar-refractivity contribution in [1.82, 2.24) is 5.32 Å². The lowest BCUT2D eigenvalue weighted by molar-refractivity contribution is -0.711. The fraction of sp³-hybridized carbons (Fsp3) is 0.286. The Morgan fingerprint density at radius 2 is 1.65 bits per heavy atom. The SMILES string of the molecule is COc1cc2c(c(OC)c1OC)-c1ccc(OC)c(=O)cc1C(NC(=O)OCc1ccc(O[N+](=O)[O-])cc1)CC2. The van der Waals surface area contributed by atoms with Crippen LogP contribution in [0.2, 0.25) is 0 Å². The molecule has 4 rings (SSSR count). The lowest BCUT2D eigenvalue weighted by atomic mass is 9.95. The van der Waals surface area contributed by atoms with Crippen molar-refractivity contribution in [2.45, 2.75) is 25.5 Å². The number of aryl methyl sites for hydroxylation is 1. The molecule has 0 aromatic heterocycles. The second-order valence-electron chi connectivity index (χ2n) is 8.73. The normalized spacial score (nSPS) is 13.6. The first kappa shape index (κ1) is 28.0. The Balaban J connectivity index is 1.68. The fourth-order valence-corrected chi connectivity index (χ4v) is 4.68. The number of carbonyl (C=O) groups excluding carboxylic acids is 1. The Morgan fingerprint density at radius 3 is 2.27 bits per heavy atom. The second-order valence-corrected chi connectivity index (χ2v) is 8.73. The number of fused-ring (bicyclic) bond motifs is 3. The van der Waals surface area contributed by atoms with Gasteiger partial charge in [-0.25, -0.2) is 4.79 Å². The van der Waals surface area contributed by atoms with Crippen LogP contribution in [0.1, 0.15) is 29.2 Å². The summed E-state index contributed by atoms with van der Waals surface area (Å²) in [5.41, 5.74) is 3.03. The van der Waals surface area contributed by atoms with E-state index in [1.165, 1.54) is 46.6 Å². The number of benzene rings is 2. The van der Waals surface area contributed by atoms with Crippen molar-refractivity contribution in [2.75, 3.05) is 28.4 Å². The molecule has 1 N–H and O–H groups in total. The molecule has 1 aliphatic carbocycles. The van der Waals surface area contributed by atoms with Crippen LogP contribution >= 0.6 is 0 Å². The van der Waals surface area contributed by atoms with Crippen LogP contribution in [0, 0.1) is 10.1 Å². The van der Waals surface area contributed by atoms with E-state index in [0.29, 0.717) is 52.3 Å². The molecule has 12 nitrogen and oxygen atoms in total. The fourth-order valence-electron chi connectivity index (χ4n) is 4.68. The summed E-state index contributed by atoms with van der Waals surface area (Å²) in [6.07, 6.45) is 0.242. The summed E-state index contributed by atoms with van der Waals surface area (Å²) in [6, 6.07) is 11.9. The molecule has 0 bridgehead atoms. The summed E-state index contributed by atoms with van der Waals surface area (Å²) in [5.74, 6) is 1.51. The van der Waals surface area contributed by atoms with Gasteiger partial charge in [-0.15, -0.1) is 10.1 Å². The van der Waals surface area contributed by atoms with E-state index in [2.05, 4.69) is 10.2 Å². The minimum Gasteiger partial charge on any atom is -0.493 e. The molecule has 3 aromatic rings. The summed E-state index contributed by atoms with van der Waals surface area (Å²) in [4.78, 5) is 40.7. The maximum atomic E-state index is 13.0. The molecular weight excluding hydrogens is 524 g/mol. The summed E-state index contributed by atoms with van der Waals surface area (Å²) in [6.45, 7) is -0.0875. The quantitative estimate of drug-likeness (QED) is 0.302. The molecule has 0 spiro atoms. The van der Waals surface area contributed by atoms with Crippen molar-refractivity contribution in [2.24, 2.45) is 0 Å². The summed E-state index contributed by atoms with van der Waals surface area (Å²) in [7, 11) is 5.98. The average Bonchev–Trinajstić information content (AvgIpc) is 3.19. The summed E-state index contributed by atoms with van der Waals surface area (Å²) >= 11 is 0. The Morgan fingerprint density at radius 1 is 0.950 bits per heavy atom. The molecule has 0 fully saturated rings. The molecule has 1 aliphatic rings. The topological polar surface area (TPSA) is 145 Å². The first-order valence-electron chi connectivity index (χ1n) is 12.2. The van der Waals surface area contributed by atoms with Crippen molar-refractivity contribution in [1.29, 1.82) is 0 Å². The molecule has 3 aromatic carbocycles. The number of hydrogen-bond acceptors (Lipinski definition) is 10. The van der Waals surface area contributed by atoms with Gasteiger partial charge in [0.2, 0.25) is 11.2 Å². The number of alkyl carbamates (subject to hydrolysis) is 1. The van der Waals surface area contributed by atoms with E-state index in [4.69, 9.17) is 23.7 Å². The number of hydrogen-bond donors (Lipinski definition) is 1. The third-order valence-electron chi connectivity index (χ3n) is 6.49.